The van der Waals surface area contributed by atoms with Crippen LogP contribution < -0.4 is 111 Å². The number of rotatable bonds is 10. The Morgan fingerprint density at radius 3 is 1.75 bits per heavy atom. The van der Waals surface area contributed by atoms with Crippen molar-refractivity contribution in [3.05, 3.63) is 103 Å². The molecule has 0 bridgehead atoms. The van der Waals surface area contributed by atoms with Gasteiger partial charge in [-0.25, -0.2) is 16.8 Å². The molecule has 0 aliphatic heterocycles. The van der Waals surface area contributed by atoms with Gasteiger partial charge in [-0.3, -0.25) is 10.2 Å². The third-order valence-corrected chi connectivity index (χ3v) is 8.48. The van der Waals surface area contributed by atoms with E-state index in [9.17, 15) is 40.6 Å². The van der Waals surface area contributed by atoms with Crippen LogP contribution in [0.2, 0.25) is 0 Å². The van der Waals surface area contributed by atoms with E-state index in [4.69, 9.17) is 11.5 Å². The average Bonchev–Trinajstić information content (AvgIpc) is 3.06. The van der Waals surface area contributed by atoms with E-state index in [0.29, 0.717) is 17.4 Å². The summed E-state index contributed by atoms with van der Waals surface area (Å²) in [4.78, 5) is 20.6. The maximum absolute atomic E-state index is 11.7. The Balaban J connectivity index is 0.00000324. The van der Waals surface area contributed by atoms with Crippen molar-refractivity contribution in [2.75, 3.05) is 16.9 Å². The summed E-state index contributed by atoms with van der Waals surface area (Å²) < 4.78 is 68.9. The van der Waals surface area contributed by atoms with Crippen LogP contribution in [0.3, 0.4) is 0 Å². The van der Waals surface area contributed by atoms with Crippen LogP contribution in [0.25, 0.3) is 11.1 Å². The van der Waals surface area contributed by atoms with Crippen molar-refractivity contribution in [3.8, 4) is 11.1 Å². The van der Waals surface area contributed by atoms with Crippen molar-refractivity contribution in [1.29, 1.82) is 0 Å². The number of carboxylic acids is 1. The van der Waals surface area contributed by atoms with Gasteiger partial charge in [-0.05, 0) is 84.0 Å². The van der Waals surface area contributed by atoms with Gasteiger partial charge in [-0.2, -0.15) is 10.2 Å². The van der Waals surface area contributed by atoms with Crippen LogP contribution in [0, 0.1) is 0 Å². The summed E-state index contributed by atoms with van der Waals surface area (Å²) in [6.45, 7) is 0. The Hall–Kier alpha value is -3.41. The summed E-state index contributed by atoms with van der Waals surface area (Å²) in [6, 6.07) is 18.8. The maximum Gasteiger partial charge on any atom is 1.00 e. The molecule has 5 rings (SSSR count). The minimum absolute atomic E-state index is 0. The zero-order chi connectivity index (χ0) is 36.2. The first-order valence-corrected chi connectivity index (χ1v) is 16.7. The molecule has 1 aliphatic carbocycles. The van der Waals surface area contributed by atoms with E-state index in [1.54, 1.807) is 36.4 Å². The SMILES string of the molecule is Nc1cc(N)c(N=Nc2ccc(S(=O)(=O)[O-])cc2S(=O)(=O)[O-])cc1N=Nc1ccc(-c2ccc(N/N=C3\C=CC(=O)C(C(=O)[O-])=C3)cc2)cc1.[Na+].[Na+].[Na+]. The zero-order valence-corrected chi connectivity index (χ0v) is 35.8. The first-order valence-electron chi connectivity index (χ1n) is 13.9. The Labute approximate surface area is 368 Å². The Kier molecular flexibility index (Phi) is 16.6. The molecule has 0 heterocycles. The standard InChI is InChI=1S/C31H24N8O9S2.3Na/c32-24-15-25(33)28(39-37-26-11-10-22(49(43,44)45)14-30(26)50(46,47)48)16-27(24)38-35-20-7-3-18(4-8-20)17-1-5-19(6-2-17)34-36-21-9-12-29(40)23(13-21)31(41)42;;;/h1-16,34H,32-33H2,(H,41,42)(H,43,44,45)(H,46,47,48);;;/q;3*+1/p-3/b36-21+,38-35?,39-37?;;;. The number of nitrogens with zero attached hydrogens (tertiary/aromatic N) is 5. The van der Waals surface area contributed by atoms with Crippen LogP contribution in [0.5, 0.6) is 0 Å². The van der Waals surface area contributed by atoms with Crippen LogP contribution in [0.4, 0.5) is 39.8 Å². The molecule has 0 aromatic heterocycles. The predicted molar refractivity (Wildman–Crippen MR) is 176 cm³/mol. The molecule has 4 aromatic carbocycles. The molecular weight excluding hydrogens is 761 g/mol. The number of anilines is 3. The van der Waals surface area contributed by atoms with Gasteiger partial charge < -0.3 is 30.5 Å². The van der Waals surface area contributed by atoms with Crippen LogP contribution >= 0.6 is 0 Å². The number of nitrogen functional groups attached to an aromatic ring is 2. The fourth-order valence-corrected chi connectivity index (χ4v) is 5.48. The second-order valence-corrected chi connectivity index (χ2v) is 13.0. The zero-order valence-electron chi connectivity index (χ0n) is 28.1. The number of hydrazone groups is 1. The number of aliphatic carboxylic acids is 1. The predicted octanol–water partition coefficient (Wildman–Crippen LogP) is -5.25. The van der Waals surface area contributed by atoms with Crippen molar-refractivity contribution in [1.82, 2.24) is 0 Å². The Morgan fingerprint density at radius 1 is 0.660 bits per heavy atom. The molecule has 0 fully saturated rings. The third kappa shape index (κ3) is 12.0. The summed E-state index contributed by atoms with van der Waals surface area (Å²) in [5.41, 5.74) is 17.0. The van der Waals surface area contributed by atoms with Gasteiger partial charge in [0.15, 0.2) is 5.78 Å². The molecule has 0 unspecified atom stereocenters. The van der Waals surface area contributed by atoms with Crippen molar-refractivity contribution < 1.29 is 129 Å². The van der Waals surface area contributed by atoms with Crippen molar-refractivity contribution >= 4 is 77.5 Å². The first kappa shape index (κ1) is 45.7. The van der Waals surface area contributed by atoms with E-state index < -0.39 is 53.0 Å². The van der Waals surface area contributed by atoms with E-state index in [1.165, 1.54) is 18.2 Å². The van der Waals surface area contributed by atoms with Gasteiger partial charge in [0.2, 0.25) is 0 Å². The number of nitrogens with two attached hydrogens (primary N) is 2. The fourth-order valence-electron chi connectivity index (χ4n) is 4.27. The van der Waals surface area contributed by atoms with Gasteiger partial charge >= 0.3 is 88.7 Å². The van der Waals surface area contributed by atoms with Crippen LogP contribution in [0.15, 0.2) is 138 Å². The summed E-state index contributed by atoms with van der Waals surface area (Å²) >= 11 is 0. The normalized spacial score (nSPS) is 13.6. The van der Waals surface area contributed by atoms with E-state index in [-0.39, 0.29) is 117 Å². The molecule has 4 aromatic rings. The number of allylic oxidation sites excluding steroid dienone is 3. The number of carbonyl (C=O) groups excluding carboxylic acids is 2. The number of hydrogen-bond donors (Lipinski definition) is 3. The number of ketones is 1. The smallest absolute Gasteiger partial charge is 0.744 e. The fraction of sp³-hybridized carbons (Fsp3) is 0. The van der Waals surface area contributed by atoms with E-state index >= 15 is 0 Å². The summed E-state index contributed by atoms with van der Waals surface area (Å²) in [6.07, 6.45) is 3.59. The van der Waals surface area contributed by atoms with E-state index in [2.05, 4.69) is 31.0 Å². The summed E-state index contributed by atoms with van der Waals surface area (Å²) in [5, 5.41) is 31.0. The van der Waals surface area contributed by atoms with Gasteiger partial charge in [-0.1, -0.05) is 24.3 Å². The van der Waals surface area contributed by atoms with Crippen LogP contribution in [-0.2, 0) is 29.8 Å². The molecule has 17 nitrogen and oxygen atoms in total. The Morgan fingerprint density at radius 2 is 1.21 bits per heavy atom. The molecule has 5 N–H and O–H groups in total. The minimum atomic E-state index is -5.25. The van der Waals surface area contributed by atoms with Gasteiger partial charge in [0.05, 0.1) is 44.2 Å². The van der Waals surface area contributed by atoms with Gasteiger partial charge in [0.1, 0.15) is 37.3 Å². The molecular formula is C31H21N8Na3O9S2. The molecule has 0 radical (unpaired) electrons. The van der Waals surface area contributed by atoms with Gasteiger partial charge in [0.25, 0.3) is 0 Å². The van der Waals surface area contributed by atoms with Crippen molar-refractivity contribution in [2.45, 2.75) is 9.79 Å². The Bertz CT molecular complexity index is 2420. The molecule has 254 valence electrons. The van der Waals surface area contributed by atoms with Gasteiger partial charge in [0, 0.05) is 5.57 Å². The molecule has 0 amide bonds. The molecule has 0 spiro atoms. The number of azo groups is 2. The second-order valence-electron chi connectivity index (χ2n) is 10.2. The number of nitrogens with one attached hydrogen (secondary N) is 1. The molecule has 0 saturated heterocycles. The summed E-state index contributed by atoms with van der Waals surface area (Å²) in [5.74, 6) is -2.26. The summed E-state index contributed by atoms with van der Waals surface area (Å²) in [7, 11) is -10.3. The first-order chi connectivity index (χ1) is 23.6. The van der Waals surface area contributed by atoms with Gasteiger partial charge in [-0.15, -0.1) is 15.3 Å². The minimum Gasteiger partial charge on any atom is -0.744 e. The average molecular weight is 783 g/mol. The van der Waals surface area contributed by atoms with E-state index in [0.717, 1.165) is 35.4 Å². The van der Waals surface area contributed by atoms with Crippen molar-refractivity contribution in [2.24, 2.45) is 25.6 Å². The molecule has 0 atom stereocenters. The molecule has 0 saturated carbocycles. The second kappa shape index (κ2) is 19.3. The number of hydrogen-bond acceptors (Lipinski definition) is 17. The number of carboxylic acid groups (broad SMARTS) is 1. The monoisotopic (exact) mass is 782 g/mol. The third-order valence-electron chi connectivity index (χ3n) is 6.79. The number of carbonyl (C=O) groups is 2. The molecule has 53 heavy (non-hydrogen) atoms. The molecule has 22 heteroatoms. The largest absolute Gasteiger partial charge is 1.00 e. The topological polar surface area (TPSA) is 297 Å². The van der Waals surface area contributed by atoms with Crippen molar-refractivity contribution in [3.63, 3.8) is 0 Å². The maximum atomic E-state index is 11.7. The quantitative estimate of drug-likeness (QED) is 0.0259. The van der Waals surface area contributed by atoms with Crippen LogP contribution in [0.1, 0.15) is 0 Å². The molecule has 1 aliphatic rings. The van der Waals surface area contributed by atoms with Crippen LogP contribution in [-0.4, -0.2) is 43.4 Å². The number of benzene rings is 4. The van der Waals surface area contributed by atoms with E-state index in [1.807, 2.05) is 12.1 Å².